The van der Waals surface area contributed by atoms with Crippen molar-refractivity contribution in [2.45, 2.75) is 6.92 Å². The van der Waals surface area contributed by atoms with Crippen molar-refractivity contribution in [2.24, 2.45) is 0 Å². The molecule has 0 radical (unpaired) electrons. The van der Waals surface area contributed by atoms with Crippen LogP contribution in [0.2, 0.25) is 0 Å². The van der Waals surface area contributed by atoms with Crippen LogP contribution >= 0.6 is 12.2 Å². The lowest BCUT2D eigenvalue weighted by atomic mass is 10.3. The zero-order valence-corrected chi connectivity index (χ0v) is 16.9. The van der Waals surface area contributed by atoms with Gasteiger partial charge in [-0.1, -0.05) is 18.2 Å². The first-order valence-electron chi connectivity index (χ1n) is 9.09. The van der Waals surface area contributed by atoms with Crippen LogP contribution < -0.4 is 9.47 Å². The molecule has 0 aliphatic carbocycles. The van der Waals surface area contributed by atoms with E-state index in [9.17, 15) is 5.11 Å². The third-order valence-corrected chi connectivity index (χ3v) is 5.02. The van der Waals surface area contributed by atoms with Crippen LogP contribution in [-0.4, -0.2) is 21.4 Å². The van der Waals surface area contributed by atoms with Gasteiger partial charge in [-0.3, -0.25) is 9.13 Å². The Morgan fingerprint density at radius 1 is 0.724 bits per heavy atom. The molecule has 0 aliphatic heterocycles. The van der Waals surface area contributed by atoms with Crippen LogP contribution in [0.1, 0.15) is 5.69 Å². The maximum atomic E-state index is 10.7. The molecule has 0 amide bonds. The first-order valence-corrected chi connectivity index (χ1v) is 9.50. The summed E-state index contributed by atoms with van der Waals surface area (Å²) in [6, 6.07) is 24.5. The van der Waals surface area contributed by atoms with Crippen molar-refractivity contribution in [2.75, 3.05) is 7.11 Å². The fourth-order valence-corrected chi connectivity index (χ4v) is 3.59. The maximum absolute atomic E-state index is 10.7. The topological polar surface area (TPSA) is 48.5 Å². The smallest absolute Gasteiger partial charge is 0.218 e. The Labute approximate surface area is 174 Å². The molecule has 0 atom stereocenters. The number of rotatable bonds is 5. The number of aromatic nitrogens is 2. The van der Waals surface area contributed by atoms with E-state index in [2.05, 4.69) is 0 Å². The monoisotopic (exact) mass is 404 g/mol. The molecule has 5 nitrogen and oxygen atoms in total. The summed E-state index contributed by atoms with van der Waals surface area (Å²) in [7, 11) is 1.62. The molecule has 4 aromatic rings. The van der Waals surface area contributed by atoms with Gasteiger partial charge in [0, 0.05) is 5.69 Å². The SMILES string of the molecule is COc1ccc(-n2c(C)c(O)n(-c3ccc(Oc4ccccc4)cc3)c2=S)cc1. The lowest BCUT2D eigenvalue weighted by molar-refractivity contribution is 0.414. The molecule has 3 aromatic carbocycles. The molecular weight excluding hydrogens is 384 g/mol. The number of benzene rings is 3. The van der Waals surface area contributed by atoms with Gasteiger partial charge in [-0.25, -0.2) is 0 Å². The second-order valence-electron chi connectivity index (χ2n) is 6.47. The van der Waals surface area contributed by atoms with E-state index < -0.39 is 0 Å². The van der Waals surface area contributed by atoms with Crippen molar-refractivity contribution in [3.8, 4) is 34.5 Å². The van der Waals surface area contributed by atoms with Crippen LogP contribution in [0.15, 0.2) is 78.9 Å². The summed E-state index contributed by atoms with van der Waals surface area (Å²) in [5, 5.41) is 10.7. The lowest BCUT2D eigenvalue weighted by Gasteiger charge is -2.08. The summed E-state index contributed by atoms with van der Waals surface area (Å²) in [6.45, 7) is 1.83. The van der Waals surface area contributed by atoms with E-state index in [4.69, 9.17) is 21.7 Å². The molecule has 0 spiro atoms. The highest BCUT2D eigenvalue weighted by molar-refractivity contribution is 7.71. The molecule has 0 bridgehead atoms. The molecule has 29 heavy (non-hydrogen) atoms. The second-order valence-corrected chi connectivity index (χ2v) is 6.83. The van der Waals surface area contributed by atoms with Gasteiger partial charge in [0.25, 0.3) is 0 Å². The average molecular weight is 404 g/mol. The summed E-state index contributed by atoms with van der Waals surface area (Å²) in [5.41, 5.74) is 2.26. The summed E-state index contributed by atoms with van der Waals surface area (Å²) in [4.78, 5) is 0. The minimum absolute atomic E-state index is 0.0996. The second kappa shape index (κ2) is 7.85. The predicted molar refractivity (Wildman–Crippen MR) is 115 cm³/mol. The van der Waals surface area contributed by atoms with Crippen LogP contribution in [0.4, 0.5) is 0 Å². The Morgan fingerprint density at radius 2 is 1.24 bits per heavy atom. The highest BCUT2D eigenvalue weighted by Crippen LogP contribution is 2.30. The zero-order valence-electron chi connectivity index (χ0n) is 16.1. The fourth-order valence-electron chi connectivity index (χ4n) is 3.15. The van der Waals surface area contributed by atoms with Gasteiger partial charge in [0.1, 0.15) is 17.2 Å². The quantitative estimate of drug-likeness (QED) is 0.426. The van der Waals surface area contributed by atoms with Gasteiger partial charge in [-0.2, -0.15) is 0 Å². The van der Waals surface area contributed by atoms with Crippen LogP contribution in [0.25, 0.3) is 11.4 Å². The number of ether oxygens (including phenoxy) is 2. The number of methoxy groups -OCH3 is 1. The van der Waals surface area contributed by atoms with E-state index in [1.165, 1.54) is 0 Å². The Balaban J connectivity index is 1.69. The fraction of sp³-hybridized carbons (Fsp3) is 0.0870. The van der Waals surface area contributed by atoms with Crippen molar-refractivity contribution >= 4 is 12.2 Å². The molecule has 4 rings (SSSR count). The van der Waals surface area contributed by atoms with E-state index in [0.717, 1.165) is 22.9 Å². The lowest BCUT2D eigenvalue weighted by Crippen LogP contribution is -1.99. The molecule has 146 valence electrons. The summed E-state index contributed by atoms with van der Waals surface area (Å²) < 4.78 is 15.0. The number of imidazole rings is 1. The van der Waals surface area contributed by atoms with Crippen LogP contribution in [-0.2, 0) is 0 Å². The summed E-state index contributed by atoms with van der Waals surface area (Å²) >= 11 is 5.67. The summed E-state index contributed by atoms with van der Waals surface area (Å²) in [5.74, 6) is 2.33. The van der Waals surface area contributed by atoms with Crippen molar-refractivity contribution in [1.82, 2.24) is 9.13 Å². The predicted octanol–water partition coefficient (Wildman–Crippen LogP) is 5.81. The van der Waals surface area contributed by atoms with E-state index in [-0.39, 0.29) is 5.88 Å². The molecule has 0 fully saturated rings. The molecular formula is C23H20N2O3S. The van der Waals surface area contributed by atoms with Crippen LogP contribution in [0.5, 0.6) is 23.1 Å². The number of nitrogens with zero attached hydrogens (tertiary/aromatic N) is 2. The van der Waals surface area contributed by atoms with Crippen molar-refractivity contribution < 1.29 is 14.6 Å². The standard InChI is InChI=1S/C23H20N2O3S/c1-16-22(26)25(23(29)24(16)17-8-12-19(27-2)13-9-17)18-10-14-21(15-11-18)28-20-6-4-3-5-7-20/h3-15,26H,1-2H3. The van der Waals surface area contributed by atoms with E-state index in [0.29, 0.717) is 16.2 Å². The van der Waals surface area contributed by atoms with Gasteiger partial charge in [0.15, 0.2) is 4.77 Å². The van der Waals surface area contributed by atoms with Crippen molar-refractivity contribution in [1.29, 1.82) is 0 Å². The van der Waals surface area contributed by atoms with E-state index in [1.54, 1.807) is 11.7 Å². The molecule has 6 heteroatoms. The highest BCUT2D eigenvalue weighted by Gasteiger charge is 2.16. The molecule has 0 saturated heterocycles. The van der Waals surface area contributed by atoms with Gasteiger partial charge in [0.05, 0.1) is 18.5 Å². The van der Waals surface area contributed by atoms with Crippen LogP contribution in [0, 0.1) is 11.7 Å². The van der Waals surface area contributed by atoms with Gasteiger partial charge >= 0.3 is 0 Å². The molecule has 0 saturated carbocycles. The Bertz CT molecular complexity index is 1180. The van der Waals surface area contributed by atoms with Gasteiger partial charge in [-0.05, 0) is 79.8 Å². The number of hydrogen-bond donors (Lipinski definition) is 1. The van der Waals surface area contributed by atoms with Gasteiger partial charge in [0.2, 0.25) is 5.88 Å². The third-order valence-electron chi connectivity index (χ3n) is 4.66. The van der Waals surface area contributed by atoms with Gasteiger partial charge < -0.3 is 14.6 Å². The molecule has 1 N–H and O–H groups in total. The normalized spacial score (nSPS) is 10.7. The molecule has 0 unspecified atom stereocenters. The van der Waals surface area contributed by atoms with E-state index in [1.807, 2.05) is 90.4 Å². The summed E-state index contributed by atoms with van der Waals surface area (Å²) in [6.07, 6.45) is 0. The molecule has 1 aromatic heterocycles. The first-order chi connectivity index (χ1) is 14.1. The largest absolute Gasteiger partial charge is 0.497 e. The van der Waals surface area contributed by atoms with E-state index >= 15 is 0 Å². The third kappa shape index (κ3) is 3.62. The average Bonchev–Trinajstić information content (AvgIpc) is 2.98. The highest BCUT2D eigenvalue weighted by atomic mass is 32.1. The number of hydrogen-bond acceptors (Lipinski definition) is 4. The van der Waals surface area contributed by atoms with Crippen molar-refractivity contribution in [3.63, 3.8) is 0 Å². The Morgan fingerprint density at radius 3 is 1.83 bits per heavy atom. The minimum Gasteiger partial charge on any atom is -0.497 e. The minimum atomic E-state index is 0.0996. The number of aromatic hydroxyl groups is 1. The maximum Gasteiger partial charge on any atom is 0.218 e. The molecule has 1 heterocycles. The zero-order chi connectivity index (χ0) is 20.4. The van der Waals surface area contributed by atoms with Crippen molar-refractivity contribution in [3.05, 3.63) is 89.3 Å². The Hall–Kier alpha value is -3.51. The van der Waals surface area contributed by atoms with Crippen LogP contribution in [0.3, 0.4) is 0 Å². The number of para-hydroxylation sites is 1. The van der Waals surface area contributed by atoms with Gasteiger partial charge in [-0.15, -0.1) is 0 Å². The first kappa shape index (κ1) is 18.8. The Kier molecular flexibility index (Phi) is 5.10. The molecule has 0 aliphatic rings.